The zero-order valence-electron chi connectivity index (χ0n) is 8.88. The molecule has 0 fully saturated rings. The first-order valence-electron chi connectivity index (χ1n) is 4.85. The van der Waals surface area contributed by atoms with Crippen LogP contribution in [0.1, 0.15) is 0 Å². The molecule has 18 heavy (non-hydrogen) atoms. The van der Waals surface area contributed by atoms with Gasteiger partial charge in [-0.15, -0.1) is 0 Å². The summed E-state index contributed by atoms with van der Waals surface area (Å²) in [5.74, 6) is 0.289. The molecular formula is C12H7BrClFINO. The third-order valence-corrected chi connectivity index (χ3v) is 3.78. The highest BCUT2D eigenvalue weighted by Crippen LogP contribution is 2.35. The van der Waals surface area contributed by atoms with Crippen LogP contribution in [-0.4, -0.2) is 0 Å². The molecule has 94 valence electrons. The van der Waals surface area contributed by atoms with E-state index in [1.165, 1.54) is 12.1 Å². The Balaban J connectivity index is 2.37. The summed E-state index contributed by atoms with van der Waals surface area (Å²) in [5.41, 5.74) is 6.13. The average molecular weight is 442 g/mol. The second-order valence-corrected chi connectivity index (χ2v) is 5.97. The molecule has 2 rings (SSSR count). The molecule has 0 aliphatic rings. The molecule has 0 atom stereocenters. The SMILES string of the molecule is Nc1cc(I)c(F)cc1Oc1ccc(Br)cc1Cl. The minimum Gasteiger partial charge on any atom is -0.454 e. The molecule has 0 spiro atoms. The number of ether oxygens (including phenoxy) is 1. The van der Waals surface area contributed by atoms with Crippen molar-refractivity contribution in [3.63, 3.8) is 0 Å². The molecule has 0 aliphatic heterocycles. The topological polar surface area (TPSA) is 35.2 Å². The highest BCUT2D eigenvalue weighted by atomic mass is 127. The summed E-state index contributed by atoms with van der Waals surface area (Å²) in [7, 11) is 0. The molecule has 0 saturated carbocycles. The number of hydrogen-bond donors (Lipinski definition) is 1. The van der Waals surface area contributed by atoms with Crippen LogP contribution >= 0.6 is 50.1 Å². The Morgan fingerprint density at radius 2 is 1.94 bits per heavy atom. The van der Waals surface area contributed by atoms with Crippen molar-refractivity contribution >= 4 is 55.8 Å². The number of benzene rings is 2. The van der Waals surface area contributed by atoms with Gasteiger partial charge in [0.2, 0.25) is 0 Å². The van der Waals surface area contributed by atoms with Gasteiger partial charge in [0.05, 0.1) is 14.3 Å². The molecule has 0 amide bonds. The molecule has 2 aromatic rings. The van der Waals surface area contributed by atoms with E-state index in [2.05, 4.69) is 15.9 Å². The predicted molar refractivity (Wildman–Crippen MR) is 82.8 cm³/mol. The normalized spacial score (nSPS) is 10.4. The van der Waals surface area contributed by atoms with Gasteiger partial charge in [-0.2, -0.15) is 0 Å². The minimum absolute atomic E-state index is 0.247. The first kappa shape index (κ1) is 13.9. The number of nitrogens with two attached hydrogens (primary N) is 1. The summed E-state index contributed by atoms with van der Waals surface area (Å²) >= 11 is 11.2. The van der Waals surface area contributed by atoms with Gasteiger partial charge < -0.3 is 10.5 Å². The van der Waals surface area contributed by atoms with Gasteiger partial charge in [0.25, 0.3) is 0 Å². The van der Waals surface area contributed by atoms with Gasteiger partial charge >= 0.3 is 0 Å². The van der Waals surface area contributed by atoms with E-state index in [1.807, 2.05) is 22.6 Å². The molecule has 6 heteroatoms. The van der Waals surface area contributed by atoms with Crippen LogP contribution in [0.2, 0.25) is 5.02 Å². The Labute approximate surface area is 131 Å². The van der Waals surface area contributed by atoms with Crippen molar-refractivity contribution in [3.05, 3.63) is 49.2 Å². The van der Waals surface area contributed by atoms with Crippen molar-refractivity contribution in [2.75, 3.05) is 5.73 Å². The number of halogens is 4. The van der Waals surface area contributed by atoms with Crippen LogP contribution < -0.4 is 10.5 Å². The van der Waals surface area contributed by atoms with Crippen LogP contribution in [0.5, 0.6) is 11.5 Å². The van der Waals surface area contributed by atoms with Gasteiger partial charge in [-0.25, -0.2) is 4.39 Å². The van der Waals surface area contributed by atoms with Crippen LogP contribution in [0.25, 0.3) is 0 Å². The summed E-state index contributed by atoms with van der Waals surface area (Å²) in [4.78, 5) is 0. The van der Waals surface area contributed by atoms with Crippen molar-refractivity contribution in [2.24, 2.45) is 0 Å². The van der Waals surface area contributed by atoms with E-state index in [-0.39, 0.29) is 11.6 Å². The number of rotatable bonds is 2. The monoisotopic (exact) mass is 441 g/mol. The van der Waals surface area contributed by atoms with Crippen LogP contribution in [0.4, 0.5) is 10.1 Å². The molecule has 0 unspecified atom stereocenters. The summed E-state index contributed by atoms with van der Waals surface area (Å²) in [6, 6.07) is 7.91. The maximum atomic E-state index is 13.4. The van der Waals surface area contributed by atoms with E-state index >= 15 is 0 Å². The maximum Gasteiger partial charge on any atom is 0.153 e. The first-order valence-corrected chi connectivity index (χ1v) is 7.10. The number of hydrogen-bond acceptors (Lipinski definition) is 2. The first-order chi connectivity index (χ1) is 8.47. The Bertz CT molecular complexity index is 609. The predicted octanol–water partition coefficient (Wildman–Crippen LogP) is 5.22. The van der Waals surface area contributed by atoms with Crippen molar-refractivity contribution in [1.29, 1.82) is 0 Å². The fourth-order valence-electron chi connectivity index (χ4n) is 1.31. The van der Waals surface area contributed by atoms with Gasteiger partial charge in [0.1, 0.15) is 11.6 Å². The highest BCUT2D eigenvalue weighted by Gasteiger charge is 2.10. The zero-order valence-corrected chi connectivity index (χ0v) is 13.4. The lowest BCUT2D eigenvalue weighted by Crippen LogP contribution is -1.95. The second kappa shape index (κ2) is 5.63. The van der Waals surface area contributed by atoms with Crippen LogP contribution in [0.3, 0.4) is 0 Å². The van der Waals surface area contributed by atoms with Crippen molar-refractivity contribution in [2.45, 2.75) is 0 Å². The van der Waals surface area contributed by atoms with Crippen LogP contribution in [0, 0.1) is 9.39 Å². The van der Waals surface area contributed by atoms with Gasteiger partial charge in [0.15, 0.2) is 5.75 Å². The largest absolute Gasteiger partial charge is 0.454 e. The van der Waals surface area contributed by atoms with E-state index < -0.39 is 0 Å². The molecule has 2 N–H and O–H groups in total. The van der Waals surface area contributed by atoms with E-state index in [9.17, 15) is 4.39 Å². The Hall–Kier alpha value is -0.530. The maximum absolute atomic E-state index is 13.4. The Kier molecular flexibility index (Phi) is 4.34. The summed E-state index contributed by atoms with van der Waals surface area (Å²) in [5, 5.41) is 0.419. The molecule has 0 saturated heterocycles. The van der Waals surface area contributed by atoms with Gasteiger partial charge in [-0.3, -0.25) is 0 Å². The van der Waals surface area contributed by atoms with Crippen LogP contribution in [-0.2, 0) is 0 Å². The average Bonchev–Trinajstić information content (AvgIpc) is 2.29. The van der Waals surface area contributed by atoms with Crippen LogP contribution in [0.15, 0.2) is 34.8 Å². The van der Waals surface area contributed by atoms with Crippen molar-refractivity contribution < 1.29 is 9.13 Å². The third-order valence-electron chi connectivity index (χ3n) is 2.17. The molecule has 2 nitrogen and oxygen atoms in total. The second-order valence-electron chi connectivity index (χ2n) is 3.48. The standard InChI is InChI=1S/C12H7BrClFINO/c13-6-1-2-11(7(14)3-6)18-12-4-8(15)9(16)5-10(12)17/h1-5H,17H2. The smallest absolute Gasteiger partial charge is 0.153 e. The highest BCUT2D eigenvalue weighted by molar-refractivity contribution is 14.1. The summed E-state index contributed by atoms with van der Waals surface area (Å²) in [6.45, 7) is 0. The van der Waals surface area contributed by atoms with E-state index in [0.29, 0.717) is 20.0 Å². The lowest BCUT2D eigenvalue weighted by molar-refractivity contribution is 0.478. The fourth-order valence-corrected chi connectivity index (χ4v) is 2.51. The lowest BCUT2D eigenvalue weighted by atomic mass is 10.3. The molecule has 0 bridgehead atoms. The minimum atomic E-state index is -0.381. The molecule has 0 aromatic heterocycles. The number of nitrogen functional groups attached to an aromatic ring is 1. The fraction of sp³-hybridized carbons (Fsp3) is 0. The van der Waals surface area contributed by atoms with Crippen molar-refractivity contribution in [1.82, 2.24) is 0 Å². The Morgan fingerprint density at radius 3 is 2.61 bits per heavy atom. The number of anilines is 1. The quantitative estimate of drug-likeness (QED) is 0.511. The lowest BCUT2D eigenvalue weighted by Gasteiger charge is -2.10. The molecule has 0 heterocycles. The van der Waals surface area contributed by atoms with E-state index in [0.717, 1.165) is 4.47 Å². The third kappa shape index (κ3) is 3.07. The molecule has 2 aromatic carbocycles. The molecular weight excluding hydrogens is 435 g/mol. The molecule has 0 aliphatic carbocycles. The van der Waals surface area contributed by atoms with E-state index in [1.54, 1.807) is 18.2 Å². The van der Waals surface area contributed by atoms with Gasteiger partial charge in [-0.05, 0) is 46.9 Å². The summed E-state index contributed by atoms with van der Waals surface area (Å²) in [6.07, 6.45) is 0. The Morgan fingerprint density at radius 1 is 1.22 bits per heavy atom. The van der Waals surface area contributed by atoms with Gasteiger partial charge in [-0.1, -0.05) is 27.5 Å². The van der Waals surface area contributed by atoms with E-state index in [4.69, 9.17) is 22.1 Å². The van der Waals surface area contributed by atoms with Gasteiger partial charge in [0, 0.05) is 10.5 Å². The molecule has 0 radical (unpaired) electrons. The van der Waals surface area contributed by atoms with Crippen molar-refractivity contribution in [3.8, 4) is 11.5 Å². The zero-order chi connectivity index (χ0) is 13.3. The summed E-state index contributed by atoms with van der Waals surface area (Å²) < 4.78 is 20.2.